The minimum atomic E-state index is -4.05. The zero-order chi connectivity index (χ0) is 16.4. The molecule has 1 aromatic carbocycles. The van der Waals surface area contributed by atoms with Crippen LogP contribution in [0.4, 0.5) is 0 Å². The molecule has 0 fully saturated rings. The SMILES string of the molecule is CC(C)(C)CCNC(=O)c1cc(Cl)c(Cl)c(S(N)(=O)=O)c1. The largest absolute Gasteiger partial charge is 0.352 e. The zero-order valence-corrected chi connectivity index (χ0v) is 14.4. The molecule has 0 bridgehead atoms. The molecule has 21 heavy (non-hydrogen) atoms. The Kier molecular flexibility index (Phi) is 5.66. The van der Waals surface area contributed by atoms with E-state index in [-0.39, 0.29) is 25.9 Å². The quantitative estimate of drug-likeness (QED) is 0.872. The summed E-state index contributed by atoms with van der Waals surface area (Å²) in [6.45, 7) is 6.62. The molecule has 0 spiro atoms. The fraction of sp³-hybridized carbons (Fsp3) is 0.462. The summed E-state index contributed by atoms with van der Waals surface area (Å²) >= 11 is 11.6. The molecule has 0 atom stereocenters. The second-order valence-electron chi connectivity index (χ2n) is 5.88. The second-order valence-corrected chi connectivity index (χ2v) is 8.20. The number of rotatable bonds is 4. The van der Waals surface area contributed by atoms with Crippen molar-refractivity contribution in [2.45, 2.75) is 32.1 Å². The van der Waals surface area contributed by atoms with Gasteiger partial charge in [-0.2, -0.15) is 0 Å². The Hall–Kier alpha value is -0.820. The number of primary sulfonamides is 1. The number of nitrogens with one attached hydrogen (secondary N) is 1. The molecule has 118 valence electrons. The van der Waals surface area contributed by atoms with Crippen molar-refractivity contribution in [3.8, 4) is 0 Å². The Balaban J connectivity index is 2.99. The lowest BCUT2D eigenvalue weighted by Crippen LogP contribution is -2.27. The third kappa shape index (κ3) is 5.47. The third-order valence-electron chi connectivity index (χ3n) is 2.72. The van der Waals surface area contributed by atoms with Crippen molar-refractivity contribution >= 4 is 39.1 Å². The number of carbonyl (C=O) groups is 1. The number of hydrogen-bond donors (Lipinski definition) is 2. The number of sulfonamides is 1. The second kappa shape index (κ2) is 6.52. The molecule has 5 nitrogen and oxygen atoms in total. The van der Waals surface area contributed by atoms with E-state index in [1.165, 1.54) is 6.07 Å². The predicted octanol–water partition coefficient (Wildman–Crippen LogP) is 2.81. The Morgan fingerprint density at radius 2 is 1.86 bits per heavy atom. The van der Waals surface area contributed by atoms with Gasteiger partial charge in [-0.3, -0.25) is 4.79 Å². The summed E-state index contributed by atoms with van der Waals surface area (Å²) in [5.41, 5.74) is 0.179. The first-order valence-electron chi connectivity index (χ1n) is 6.22. The number of halogens is 2. The zero-order valence-electron chi connectivity index (χ0n) is 12.0. The van der Waals surface area contributed by atoms with Gasteiger partial charge in [-0.25, -0.2) is 13.6 Å². The standard InChI is InChI=1S/C13H18Cl2N2O3S/c1-13(2,3)4-5-17-12(18)8-6-9(14)11(15)10(7-8)21(16,19)20/h6-7H,4-5H2,1-3H3,(H,17,18)(H2,16,19,20). The summed E-state index contributed by atoms with van der Waals surface area (Å²) in [6.07, 6.45) is 0.780. The van der Waals surface area contributed by atoms with Gasteiger partial charge in [-0.1, -0.05) is 44.0 Å². The van der Waals surface area contributed by atoms with Crippen LogP contribution in [0.3, 0.4) is 0 Å². The van der Waals surface area contributed by atoms with Crippen LogP contribution in [0.25, 0.3) is 0 Å². The minimum absolute atomic E-state index is 0.0378. The maximum atomic E-state index is 12.0. The average molecular weight is 353 g/mol. The van der Waals surface area contributed by atoms with Gasteiger partial charge in [0.05, 0.1) is 10.0 Å². The maximum absolute atomic E-state index is 12.0. The highest BCUT2D eigenvalue weighted by molar-refractivity contribution is 7.89. The first-order valence-corrected chi connectivity index (χ1v) is 8.52. The number of benzene rings is 1. The fourth-order valence-electron chi connectivity index (χ4n) is 1.56. The van der Waals surface area contributed by atoms with Gasteiger partial charge < -0.3 is 5.32 Å². The molecular formula is C13H18Cl2N2O3S. The van der Waals surface area contributed by atoms with Gasteiger partial charge >= 0.3 is 0 Å². The molecule has 0 saturated carbocycles. The summed E-state index contributed by atoms with van der Waals surface area (Å²) in [7, 11) is -4.05. The molecule has 0 saturated heterocycles. The molecule has 0 aromatic heterocycles. The van der Waals surface area contributed by atoms with Gasteiger partial charge in [0.15, 0.2) is 0 Å². The highest BCUT2D eigenvalue weighted by Gasteiger charge is 2.20. The van der Waals surface area contributed by atoms with Crippen molar-refractivity contribution < 1.29 is 13.2 Å². The van der Waals surface area contributed by atoms with Gasteiger partial charge in [0, 0.05) is 12.1 Å². The molecule has 0 aliphatic rings. The lowest BCUT2D eigenvalue weighted by molar-refractivity contribution is 0.0949. The number of carbonyl (C=O) groups excluding carboxylic acids is 1. The summed E-state index contributed by atoms with van der Waals surface area (Å²) < 4.78 is 22.9. The van der Waals surface area contributed by atoms with Gasteiger partial charge in [-0.05, 0) is 24.0 Å². The minimum Gasteiger partial charge on any atom is -0.352 e. The molecule has 0 unspecified atom stereocenters. The molecule has 3 N–H and O–H groups in total. The van der Waals surface area contributed by atoms with Gasteiger partial charge in [-0.15, -0.1) is 0 Å². The average Bonchev–Trinajstić information content (AvgIpc) is 2.29. The van der Waals surface area contributed by atoms with Crippen LogP contribution in [0.2, 0.25) is 10.0 Å². The monoisotopic (exact) mass is 352 g/mol. The molecule has 1 aromatic rings. The molecule has 1 rings (SSSR count). The lowest BCUT2D eigenvalue weighted by atomic mass is 9.92. The smallest absolute Gasteiger partial charge is 0.251 e. The molecule has 0 aliphatic carbocycles. The molecule has 1 amide bonds. The van der Waals surface area contributed by atoms with Crippen LogP contribution in [0.1, 0.15) is 37.6 Å². The molecule has 0 heterocycles. The van der Waals surface area contributed by atoms with Crippen molar-refractivity contribution in [1.29, 1.82) is 0 Å². The number of hydrogen-bond acceptors (Lipinski definition) is 3. The number of nitrogens with two attached hydrogens (primary N) is 1. The van der Waals surface area contributed by atoms with Crippen molar-refractivity contribution in [2.24, 2.45) is 10.6 Å². The van der Waals surface area contributed by atoms with E-state index < -0.39 is 15.9 Å². The van der Waals surface area contributed by atoms with Crippen molar-refractivity contribution in [2.75, 3.05) is 6.54 Å². The summed E-state index contributed by atoms with van der Waals surface area (Å²) in [6, 6.07) is 2.43. The number of amides is 1. The molecular weight excluding hydrogens is 335 g/mol. The van der Waals surface area contributed by atoms with E-state index >= 15 is 0 Å². The normalized spacial score (nSPS) is 12.3. The molecule has 8 heteroatoms. The Labute approximate surface area is 134 Å². The topological polar surface area (TPSA) is 89.3 Å². The van der Waals surface area contributed by atoms with E-state index in [0.717, 1.165) is 12.5 Å². The van der Waals surface area contributed by atoms with Crippen LogP contribution in [0.5, 0.6) is 0 Å². The van der Waals surface area contributed by atoms with E-state index in [9.17, 15) is 13.2 Å². The Bertz CT molecular complexity index is 652. The maximum Gasteiger partial charge on any atom is 0.251 e. The van der Waals surface area contributed by atoms with Crippen LogP contribution in [0, 0.1) is 5.41 Å². The van der Waals surface area contributed by atoms with Crippen molar-refractivity contribution in [1.82, 2.24) is 5.32 Å². The fourth-order valence-corrected chi connectivity index (χ4v) is 2.91. The van der Waals surface area contributed by atoms with E-state index in [1.54, 1.807) is 0 Å². The lowest BCUT2D eigenvalue weighted by Gasteiger charge is -2.18. The third-order valence-corrected chi connectivity index (χ3v) is 4.57. The van der Waals surface area contributed by atoms with Crippen LogP contribution < -0.4 is 10.5 Å². The Morgan fingerprint density at radius 3 is 2.33 bits per heavy atom. The highest BCUT2D eigenvalue weighted by Crippen LogP contribution is 2.30. The van der Waals surface area contributed by atoms with Gasteiger partial charge in [0.1, 0.15) is 4.90 Å². The summed E-state index contributed by atoms with van der Waals surface area (Å²) in [5, 5.41) is 7.53. The van der Waals surface area contributed by atoms with Crippen LogP contribution in [0.15, 0.2) is 17.0 Å². The van der Waals surface area contributed by atoms with E-state index in [4.69, 9.17) is 28.3 Å². The first-order chi connectivity index (χ1) is 9.42. The predicted molar refractivity (Wildman–Crippen MR) is 84.2 cm³/mol. The molecule has 0 aliphatic heterocycles. The van der Waals surface area contributed by atoms with E-state index in [1.807, 2.05) is 0 Å². The van der Waals surface area contributed by atoms with E-state index in [2.05, 4.69) is 26.1 Å². The van der Waals surface area contributed by atoms with Gasteiger partial charge in [0.2, 0.25) is 10.0 Å². The van der Waals surface area contributed by atoms with Crippen molar-refractivity contribution in [3.63, 3.8) is 0 Å². The molecule has 0 radical (unpaired) electrons. The first kappa shape index (κ1) is 18.2. The highest BCUT2D eigenvalue weighted by atomic mass is 35.5. The van der Waals surface area contributed by atoms with Crippen LogP contribution in [-0.4, -0.2) is 20.9 Å². The van der Waals surface area contributed by atoms with Gasteiger partial charge in [0.25, 0.3) is 5.91 Å². The Morgan fingerprint density at radius 1 is 1.29 bits per heavy atom. The van der Waals surface area contributed by atoms with Crippen LogP contribution >= 0.6 is 23.2 Å². The van der Waals surface area contributed by atoms with Crippen LogP contribution in [-0.2, 0) is 10.0 Å². The van der Waals surface area contributed by atoms with Crippen molar-refractivity contribution in [3.05, 3.63) is 27.7 Å². The summed E-state index contributed by atoms with van der Waals surface area (Å²) in [5.74, 6) is -0.428. The van der Waals surface area contributed by atoms with E-state index in [0.29, 0.717) is 6.54 Å². The summed E-state index contributed by atoms with van der Waals surface area (Å²) in [4.78, 5) is 11.7.